The van der Waals surface area contributed by atoms with Crippen LogP contribution < -0.4 is 5.32 Å². The molecule has 0 rings (SSSR count). The smallest absolute Gasteiger partial charge is 0.219 e. The molecule has 0 aliphatic rings. The summed E-state index contributed by atoms with van der Waals surface area (Å²) in [5.41, 5.74) is 0. The Hall–Kier alpha value is -0.570. The van der Waals surface area contributed by atoms with Gasteiger partial charge in [-0.1, -0.05) is 0 Å². The first-order chi connectivity index (χ1) is 5.81. The van der Waals surface area contributed by atoms with Crippen LogP contribution in [0.3, 0.4) is 0 Å². The van der Waals surface area contributed by atoms with Crippen molar-refractivity contribution in [3.63, 3.8) is 0 Å². The maximum absolute atomic E-state index is 10.9. The molecule has 0 aromatic carbocycles. The molecule has 0 bridgehead atoms. The largest absolute Gasteiger partial charge is 0.382 e. The van der Waals surface area contributed by atoms with Gasteiger partial charge in [0, 0.05) is 26.2 Å². The predicted octanol–water partition coefficient (Wildman–Crippen LogP) is 1.33. The van der Waals surface area contributed by atoms with E-state index >= 15 is 0 Å². The van der Waals surface area contributed by atoms with E-state index < -0.39 is 0 Å². The van der Waals surface area contributed by atoms with Crippen molar-refractivity contribution in [2.75, 3.05) is 19.8 Å². The van der Waals surface area contributed by atoms with Gasteiger partial charge in [-0.2, -0.15) is 0 Å². The molecule has 0 saturated carbocycles. The third-order valence-corrected chi connectivity index (χ3v) is 1.52. The van der Waals surface area contributed by atoms with Crippen LogP contribution >= 0.6 is 0 Å². The van der Waals surface area contributed by atoms with Gasteiger partial charge >= 0.3 is 0 Å². The van der Waals surface area contributed by atoms with Crippen LogP contribution in [0.15, 0.2) is 0 Å². The third-order valence-electron chi connectivity index (χ3n) is 1.52. The summed E-state index contributed by atoms with van der Waals surface area (Å²) in [4.78, 5) is 10.9. The van der Waals surface area contributed by atoms with Gasteiger partial charge in [-0.3, -0.25) is 4.79 Å². The molecule has 0 fully saturated rings. The molecule has 0 aliphatic carbocycles. The first-order valence-electron chi connectivity index (χ1n) is 4.65. The molecule has 72 valence electrons. The molecule has 0 saturated heterocycles. The summed E-state index contributed by atoms with van der Waals surface area (Å²) in [6, 6.07) is 0. The molecule has 0 radical (unpaired) electrons. The van der Waals surface area contributed by atoms with E-state index in [0.717, 1.165) is 32.6 Å². The van der Waals surface area contributed by atoms with Gasteiger partial charge in [0.15, 0.2) is 0 Å². The Balaban J connectivity index is 3.03. The lowest BCUT2D eigenvalue weighted by Gasteiger charge is -2.01. The van der Waals surface area contributed by atoms with Crippen molar-refractivity contribution in [3.05, 3.63) is 0 Å². The van der Waals surface area contributed by atoms with Crippen LogP contribution in [0.2, 0.25) is 0 Å². The quantitative estimate of drug-likeness (QED) is 0.590. The number of nitrogens with one attached hydrogen (secondary N) is 1. The van der Waals surface area contributed by atoms with E-state index in [1.54, 1.807) is 0 Å². The molecule has 1 N–H and O–H groups in total. The summed E-state index contributed by atoms with van der Waals surface area (Å²) in [6.07, 6.45) is 2.53. The molecule has 1 amide bonds. The monoisotopic (exact) mass is 173 g/mol. The average Bonchev–Trinajstić information content (AvgIpc) is 2.05. The van der Waals surface area contributed by atoms with E-state index in [2.05, 4.69) is 5.32 Å². The zero-order valence-electron chi connectivity index (χ0n) is 8.06. The minimum absolute atomic E-state index is 0.147. The minimum Gasteiger partial charge on any atom is -0.382 e. The van der Waals surface area contributed by atoms with Crippen LogP contribution in [0.4, 0.5) is 0 Å². The third kappa shape index (κ3) is 7.54. The standard InChI is InChI=1S/C9H19NO2/c1-3-10-9(11)7-5-6-8-12-4-2/h3-8H2,1-2H3,(H,10,11). The maximum Gasteiger partial charge on any atom is 0.219 e. The van der Waals surface area contributed by atoms with Gasteiger partial charge in [0.1, 0.15) is 0 Å². The van der Waals surface area contributed by atoms with E-state index in [4.69, 9.17) is 4.74 Å². The maximum atomic E-state index is 10.9. The summed E-state index contributed by atoms with van der Waals surface area (Å²) in [5.74, 6) is 0.147. The van der Waals surface area contributed by atoms with Gasteiger partial charge in [-0.05, 0) is 26.7 Å². The van der Waals surface area contributed by atoms with Gasteiger partial charge in [-0.25, -0.2) is 0 Å². The highest BCUT2D eigenvalue weighted by atomic mass is 16.5. The summed E-state index contributed by atoms with van der Waals surface area (Å²) < 4.78 is 5.14. The number of hydrogen-bond donors (Lipinski definition) is 1. The number of ether oxygens (including phenoxy) is 1. The summed E-state index contributed by atoms with van der Waals surface area (Å²) in [6.45, 7) is 6.17. The highest BCUT2D eigenvalue weighted by molar-refractivity contribution is 5.75. The number of carbonyl (C=O) groups excluding carboxylic acids is 1. The number of rotatable bonds is 7. The SMILES string of the molecule is CCNC(=O)CCCCOCC. The lowest BCUT2D eigenvalue weighted by atomic mass is 10.2. The molecule has 0 atom stereocenters. The van der Waals surface area contributed by atoms with Crippen LogP contribution in [0.1, 0.15) is 33.1 Å². The molecule has 0 aliphatic heterocycles. The van der Waals surface area contributed by atoms with E-state index in [1.807, 2.05) is 13.8 Å². The highest BCUT2D eigenvalue weighted by Gasteiger charge is 1.97. The first-order valence-corrected chi connectivity index (χ1v) is 4.65. The summed E-state index contributed by atoms with van der Waals surface area (Å²) >= 11 is 0. The van der Waals surface area contributed by atoms with Gasteiger partial charge < -0.3 is 10.1 Å². The van der Waals surface area contributed by atoms with Crippen molar-refractivity contribution in [2.24, 2.45) is 0 Å². The zero-order valence-corrected chi connectivity index (χ0v) is 8.06. The molecule has 0 aromatic heterocycles. The molecule has 0 unspecified atom stereocenters. The fourth-order valence-electron chi connectivity index (χ4n) is 0.920. The van der Waals surface area contributed by atoms with E-state index in [9.17, 15) is 4.79 Å². The minimum atomic E-state index is 0.147. The van der Waals surface area contributed by atoms with Crippen LogP contribution in [0.5, 0.6) is 0 Å². The zero-order chi connectivity index (χ0) is 9.23. The van der Waals surface area contributed by atoms with E-state index in [-0.39, 0.29) is 5.91 Å². The van der Waals surface area contributed by atoms with Crippen molar-refractivity contribution in [1.82, 2.24) is 5.32 Å². The fraction of sp³-hybridized carbons (Fsp3) is 0.889. The Kier molecular flexibility index (Phi) is 8.12. The van der Waals surface area contributed by atoms with Gasteiger partial charge in [0.05, 0.1) is 0 Å². The average molecular weight is 173 g/mol. The van der Waals surface area contributed by atoms with Crippen molar-refractivity contribution < 1.29 is 9.53 Å². The van der Waals surface area contributed by atoms with Crippen molar-refractivity contribution in [2.45, 2.75) is 33.1 Å². The molecule has 0 heterocycles. The highest BCUT2D eigenvalue weighted by Crippen LogP contribution is 1.95. The second-order valence-electron chi connectivity index (χ2n) is 2.61. The lowest BCUT2D eigenvalue weighted by molar-refractivity contribution is -0.121. The van der Waals surface area contributed by atoms with Crippen molar-refractivity contribution in [3.8, 4) is 0 Å². The van der Waals surface area contributed by atoms with Crippen LogP contribution in [0.25, 0.3) is 0 Å². The Labute approximate surface area is 74.5 Å². The first kappa shape index (κ1) is 11.4. The molecular formula is C9H19NO2. The molecule has 0 aromatic rings. The van der Waals surface area contributed by atoms with Gasteiger partial charge in [0.25, 0.3) is 0 Å². The Morgan fingerprint density at radius 2 is 2.08 bits per heavy atom. The molecular weight excluding hydrogens is 154 g/mol. The van der Waals surface area contributed by atoms with Crippen molar-refractivity contribution >= 4 is 5.91 Å². The Bertz CT molecular complexity index is 115. The number of amides is 1. The van der Waals surface area contributed by atoms with Crippen LogP contribution in [-0.2, 0) is 9.53 Å². The Morgan fingerprint density at radius 1 is 1.33 bits per heavy atom. The number of carbonyl (C=O) groups is 1. The predicted molar refractivity (Wildman–Crippen MR) is 49.0 cm³/mol. The topological polar surface area (TPSA) is 38.3 Å². The van der Waals surface area contributed by atoms with E-state index in [1.165, 1.54) is 0 Å². The van der Waals surface area contributed by atoms with Gasteiger partial charge in [0.2, 0.25) is 5.91 Å². The summed E-state index contributed by atoms with van der Waals surface area (Å²) in [7, 11) is 0. The second-order valence-corrected chi connectivity index (χ2v) is 2.61. The molecule has 12 heavy (non-hydrogen) atoms. The second kappa shape index (κ2) is 8.53. The lowest BCUT2D eigenvalue weighted by Crippen LogP contribution is -2.22. The van der Waals surface area contributed by atoms with Crippen LogP contribution in [0, 0.1) is 0 Å². The van der Waals surface area contributed by atoms with Crippen molar-refractivity contribution in [1.29, 1.82) is 0 Å². The van der Waals surface area contributed by atoms with Crippen LogP contribution in [-0.4, -0.2) is 25.7 Å². The number of unbranched alkanes of at least 4 members (excludes halogenated alkanes) is 1. The fourth-order valence-corrected chi connectivity index (χ4v) is 0.920. The summed E-state index contributed by atoms with van der Waals surface area (Å²) in [5, 5.41) is 2.76. The number of hydrogen-bond acceptors (Lipinski definition) is 2. The Morgan fingerprint density at radius 3 is 2.67 bits per heavy atom. The van der Waals surface area contributed by atoms with Gasteiger partial charge in [-0.15, -0.1) is 0 Å². The van der Waals surface area contributed by atoms with E-state index in [0.29, 0.717) is 6.42 Å². The molecule has 0 spiro atoms. The molecule has 3 heteroatoms. The normalized spacial score (nSPS) is 9.83. The molecule has 3 nitrogen and oxygen atoms in total.